The highest BCUT2D eigenvalue weighted by atomic mass is 35.5. The van der Waals surface area contributed by atoms with Crippen LogP contribution in [0.3, 0.4) is 0 Å². The number of carbonyl (C=O) groups is 1. The first-order valence-electron chi connectivity index (χ1n) is 7.18. The fourth-order valence-corrected chi connectivity index (χ4v) is 2.57. The molecule has 2 aromatic rings. The molecule has 1 aliphatic heterocycles. The summed E-state index contributed by atoms with van der Waals surface area (Å²) in [4.78, 5) is 17.9. The van der Waals surface area contributed by atoms with Crippen LogP contribution in [0.1, 0.15) is 10.4 Å². The second kappa shape index (κ2) is 6.93. The third-order valence-corrected chi connectivity index (χ3v) is 3.78. The molecule has 1 aromatic heterocycles. The number of hydrogen-bond donors (Lipinski definition) is 1. The molecular weight excluding hydrogens is 321 g/mol. The largest absolute Gasteiger partial charge is 0.378 e. The highest BCUT2D eigenvalue weighted by molar-refractivity contribution is 6.31. The van der Waals surface area contributed by atoms with Gasteiger partial charge in [0.1, 0.15) is 0 Å². The molecule has 1 amide bonds. The molecule has 0 atom stereocenters. The van der Waals surface area contributed by atoms with Crippen LogP contribution in [-0.4, -0.2) is 37.2 Å². The molecule has 5 nitrogen and oxygen atoms in total. The van der Waals surface area contributed by atoms with Crippen molar-refractivity contribution in [2.45, 2.75) is 0 Å². The van der Waals surface area contributed by atoms with Crippen molar-refractivity contribution in [1.82, 2.24) is 4.98 Å². The molecular formula is C16H15ClFN3O2. The Bertz CT molecular complexity index is 703. The van der Waals surface area contributed by atoms with Crippen molar-refractivity contribution in [3.8, 4) is 0 Å². The molecule has 0 aliphatic carbocycles. The van der Waals surface area contributed by atoms with Gasteiger partial charge in [-0.1, -0.05) is 11.6 Å². The van der Waals surface area contributed by atoms with E-state index in [9.17, 15) is 9.18 Å². The second-order valence-corrected chi connectivity index (χ2v) is 5.52. The molecule has 0 bridgehead atoms. The van der Waals surface area contributed by atoms with E-state index in [1.54, 1.807) is 12.1 Å². The Balaban J connectivity index is 1.84. The quantitative estimate of drug-likeness (QED) is 0.876. The van der Waals surface area contributed by atoms with Crippen LogP contribution in [0.15, 0.2) is 36.5 Å². The molecule has 0 spiro atoms. The number of anilines is 2. The average Bonchev–Trinajstić information content (AvgIpc) is 2.56. The lowest BCUT2D eigenvalue weighted by molar-refractivity contribution is 0.102. The third kappa shape index (κ3) is 3.78. The summed E-state index contributed by atoms with van der Waals surface area (Å²) in [6.07, 6.45) is 1.20. The van der Waals surface area contributed by atoms with Gasteiger partial charge in [0.2, 0.25) is 5.95 Å². The van der Waals surface area contributed by atoms with Crippen LogP contribution in [0.25, 0.3) is 0 Å². The van der Waals surface area contributed by atoms with Gasteiger partial charge in [0.05, 0.1) is 30.2 Å². The van der Waals surface area contributed by atoms with Gasteiger partial charge in [-0.05, 0) is 30.3 Å². The van der Waals surface area contributed by atoms with Crippen LogP contribution in [0.2, 0.25) is 5.02 Å². The van der Waals surface area contributed by atoms with Gasteiger partial charge in [0, 0.05) is 24.3 Å². The lowest BCUT2D eigenvalue weighted by Gasteiger charge is -2.30. The van der Waals surface area contributed by atoms with E-state index in [0.29, 0.717) is 23.9 Å². The summed E-state index contributed by atoms with van der Waals surface area (Å²) in [5.41, 5.74) is 1.76. The number of rotatable bonds is 3. The monoisotopic (exact) mass is 335 g/mol. The zero-order valence-corrected chi connectivity index (χ0v) is 13.0. The van der Waals surface area contributed by atoms with Crippen molar-refractivity contribution < 1.29 is 13.9 Å². The summed E-state index contributed by atoms with van der Waals surface area (Å²) < 4.78 is 18.2. The van der Waals surface area contributed by atoms with Crippen LogP contribution in [-0.2, 0) is 4.74 Å². The van der Waals surface area contributed by atoms with Crippen molar-refractivity contribution >= 4 is 28.9 Å². The minimum atomic E-state index is -0.627. The van der Waals surface area contributed by atoms with Gasteiger partial charge in [-0.15, -0.1) is 0 Å². The predicted octanol–water partition coefficient (Wildman–Crippen LogP) is 2.96. The van der Waals surface area contributed by atoms with Gasteiger partial charge < -0.3 is 15.0 Å². The summed E-state index contributed by atoms with van der Waals surface area (Å²) in [6, 6.07) is 7.88. The molecule has 1 fully saturated rings. The lowest BCUT2D eigenvalue weighted by Crippen LogP contribution is -2.36. The number of nitrogens with zero attached hydrogens (tertiary/aromatic N) is 2. The molecule has 2 heterocycles. The Morgan fingerprint density at radius 1 is 1.26 bits per heavy atom. The maximum absolute atomic E-state index is 12.9. The first-order chi connectivity index (χ1) is 11.1. The van der Waals surface area contributed by atoms with Crippen molar-refractivity contribution in [3.63, 3.8) is 0 Å². The van der Waals surface area contributed by atoms with Gasteiger partial charge in [-0.25, -0.2) is 4.98 Å². The maximum Gasteiger partial charge on any atom is 0.257 e. The van der Waals surface area contributed by atoms with Crippen molar-refractivity contribution in [2.75, 3.05) is 36.5 Å². The van der Waals surface area contributed by atoms with E-state index >= 15 is 0 Å². The van der Waals surface area contributed by atoms with Gasteiger partial charge >= 0.3 is 0 Å². The summed E-state index contributed by atoms with van der Waals surface area (Å²) in [5, 5.41) is 3.34. The molecule has 1 aliphatic rings. The van der Waals surface area contributed by atoms with Crippen LogP contribution in [0.5, 0.6) is 0 Å². The molecule has 1 N–H and O–H groups in total. The number of aromatic nitrogens is 1. The summed E-state index contributed by atoms with van der Waals surface area (Å²) in [6.45, 7) is 2.75. The van der Waals surface area contributed by atoms with Crippen LogP contribution in [0.4, 0.5) is 15.8 Å². The van der Waals surface area contributed by atoms with E-state index in [0.717, 1.165) is 24.8 Å². The van der Waals surface area contributed by atoms with E-state index in [1.165, 1.54) is 12.3 Å². The Morgan fingerprint density at radius 2 is 2.04 bits per heavy atom. The first-order valence-corrected chi connectivity index (χ1v) is 7.56. The fourth-order valence-electron chi connectivity index (χ4n) is 2.39. The smallest absolute Gasteiger partial charge is 0.257 e. The van der Waals surface area contributed by atoms with Crippen LogP contribution < -0.4 is 10.2 Å². The molecule has 7 heteroatoms. The number of halogens is 2. The zero-order valence-electron chi connectivity index (χ0n) is 12.3. The van der Waals surface area contributed by atoms with Gasteiger partial charge in [-0.2, -0.15) is 4.39 Å². The minimum Gasteiger partial charge on any atom is -0.378 e. The van der Waals surface area contributed by atoms with Crippen molar-refractivity contribution in [1.29, 1.82) is 0 Å². The van der Waals surface area contributed by atoms with E-state index in [2.05, 4.69) is 15.2 Å². The molecule has 0 saturated carbocycles. The number of hydrogen-bond acceptors (Lipinski definition) is 4. The van der Waals surface area contributed by atoms with Gasteiger partial charge in [0.15, 0.2) is 0 Å². The topological polar surface area (TPSA) is 54.5 Å². The maximum atomic E-state index is 12.9. The third-order valence-electron chi connectivity index (χ3n) is 3.55. The summed E-state index contributed by atoms with van der Waals surface area (Å²) in [7, 11) is 0. The molecule has 1 aromatic carbocycles. The van der Waals surface area contributed by atoms with E-state index in [4.69, 9.17) is 16.3 Å². The normalized spacial score (nSPS) is 14.6. The highest BCUT2D eigenvalue weighted by Gasteiger charge is 2.17. The fraction of sp³-hybridized carbons (Fsp3) is 0.250. The summed E-state index contributed by atoms with van der Waals surface area (Å²) >= 11 is 6.05. The van der Waals surface area contributed by atoms with Crippen molar-refractivity contribution in [3.05, 3.63) is 53.1 Å². The van der Waals surface area contributed by atoms with Gasteiger partial charge in [-0.3, -0.25) is 4.79 Å². The number of benzene rings is 1. The zero-order chi connectivity index (χ0) is 16.2. The van der Waals surface area contributed by atoms with Crippen LogP contribution in [0, 0.1) is 5.95 Å². The summed E-state index contributed by atoms with van der Waals surface area (Å²) in [5.74, 6) is -0.993. The lowest BCUT2D eigenvalue weighted by atomic mass is 10.2. The standard InChI is InChI=1S/C16H15ClFN3O2/c17-12-2-3-14(21-5-7-23-8-6-21)13(9-12)20-16(22)11-1-4-15(18)19-10-11/h1-4,9-10H,5-8H2,(H,20,22). The molecule has 3 rings (SSSR count). The number of carbonyl (C=O) groups excluding carboxylic acids is 1. The van der Waals surface area contributed by atoms with Gasteiger partial charge in [0.25, 0.3) is 5.91 Å². The molecule has 23 heavy (non-hydrogen) atoms. The van der Waals surface area contributed by atoms with E-state index in [1.807, 2.05) is 6.07 Å². The number of ether oxygens (including phenoxy) is 1. The first kappa shape index (κ1) is 15.7. The molecule has 120 valence electrons. The van der Waals surface area contributed by atoms with E-state index < -0.39 is 5.95 Å². The number of pyridine rings is 1. The SMILES string of the molecule is O=C(Nc1cc(Cl)ccc1N1CCOCC1)c1ccc(F)nc1. The Kier molecular flexibility index (Phi) is 4.73. The second-order valence-electron chi connectivity index (χ2n) is 5.08. The van der Waals surface area contributed by atoms with E-state index in [-0.39, 0.29) is 11.5 Å². The van der Waals surface area contributed by atoms with Crippen molar-refractivity contribution in [2.24, 2.45) is 0 Å². The number of amides is 1. The Hall–Kier alpha value is -2.18. The highest BCUT2D eigenvalue weighted by Crippen LogP contribution is 2.30. The Labute approximate surface area is 138 Å². The van der Waals surface area contributed by atoms with Crippen LogP contribution >= 0.6 is 11.6 Å². The predicted molar refractivity (Wildman–Crippen MR) is 86.6 cm³/mol. The number of nitrogens with one attached hydrogen (secondary N) is 1. The number of morpholine rings is 1. The molecule has 1 saturated heterocycles. The average molecular weight is 336 g/mol. The molecule has 0 unspecified atom stereocenters. The minimum absolute atomic E-state index is 0.277. The Morgan fingerprint density at radius 3 is 2.74 bits per heavy atom. The molecule has 0 radical (unpaired) electrons.